The molecule has 0 amide bonds. The zero-order valence-electron chi connectivity index (χ0n) is 23.2. The van der Waals surface area contributed by atoms with Crippen LogP contribution in [0.15, 0.2) is 98.3 Å². The van der Waals surface area contributed by atoms with Crippen LogP contribution in [0.25, 0.3) is 0 Å². The first-order chi connectivity index (χ1) is 20.5. The Balaban J connectivity index is 0.000000293. The van der Waals surface area contributed by atoms with Crippen molar-refractivity contribution in [1.82, 2.24) is 0 Å². The van der Waals surface area contributed by atoms with Gasteiger partial charge < -0.3 is 45.0 Å². The normalized spacial score (nSPS) is 10.1. The van der Waals surface area contributed by atoms with Gasteiger partial charge in [0.15, 0.2) is 0 Å². The van der Waals surface area contributed by atoms with Crippen LogP contribution in [0.5, 0.6) is 17.2 Å². The number of carbonyl (C=O) groups excluding carboxylic acids is 3. The van der Waals surface area contributed by atoms with Crippen molar-refractivity contribution in [3.63, 3.8) is 0 Å². The van der Waals surface area contributed by atoms with Gasteiger partial charge in [0.05, 0.1) is 17.9 Å². The number of halogens is 3. The molecule has 4 rings (SSSR count). The Morgan fingerprint density at radius 3 is 1.14 bits per heavy atom. The van der Waals surface area contributed by atoms with E-state index in [-0.39, 0.29) is 33.9 Å². The van der Waals surface area contributed by atoms with E-state index in [4.69, 9.17) is 15.3 Å². The summed E-state index contributed by atoms with van der Waals surface area (Å²) in [5.41, 5.74) is 1.20. The van der Waals surface area contributed by atoms with Crippen molar-refractivity contribution in [3.05, 3.63) is 121 Å². The molecule has 0 heterocycles. The van der Waals surface area contributed by atoms with E-state index in [0.29, 0.717) is 18.8 Å². The van der Waals surface area contributed by atoms with Crippen molar-refractivity contribution in [2.75, 3.05) is 0 Å². The molecule has 0 fully saturated rings. The molecule has 0 saturated carbocycles. The van der Waals surface area contributed by atoms with Crippen molar-refractivity contribution in [2.24, 2.45) is 0 Å². The van der Waals surface area contributed by atoms with Gasteiger partial charge in [-0.25, -0.2) is 0 Å². The largest absolute Gasteiger partial charge is 0.545 e. The Labute approximate surface area is 292 Å². The summed E-state index contributed by atoms with van der Waals surface area (Å²) in [4.78, 5) is 30.8. The van der Waals surface area contributed by atoms with E-state index in [2.05, 4.69) is 92.0 Å². The third-order valence-electron chi connectivity index (χ3n) is 5.53. The second-order valence-corrected chi connectivity index (χ2v) is 13.0. The van der Waals surface area contributed by atoms with Crippen molar-refractivity contribution >= 4 is 88.2 Å². The summed E-state index contributed by atoms with van der Waals surface area (Å²) < 4.78 is 3.06. The molecule has 0 saturated heterocycles. The van der Waals surface area contributed by atoms with Crippen molar-refractivity contribution in [2.45, 2.75) is 23.7 Å². The maximum atomic E-state index is 10.3. The van der Waals surface area contributed by atoms with Gasteiger partial charge in [0.1, 0.15) is 17.2 Å². The molecule has 0 spiro atoms. The monoisotopic (exact) mass is 898 g/mol. The minimum absolute atomic E-state index is 0.209. The first-order valence-electron chi connectivity index (χ1n) is 12.3. The maximum Gasteiger partial charge on any atom is 0.124 e. The predicted molar refractivity (Wildman–Crippen MR) is 170 cm³/mol. The van der Waals surface area contributed by atoms with Crippen LogP contribution in [0, 0.1) is 0 Å². The molecule has 3 N–H and O–H groups in total. The second kappa shape index (κ2) is 18.7. The number of benzene rings is 4. The number of carboxylic acids is 3. The molecule has 4 aromatic rings. The van der Waals surface area contributed by atoms with Crippen LogP contribution in [0.2, 0.25) is 4.44 Å². The van der Waals surface area contributed by atoms with Gasteiger partial charge in [0.25, 0.3) is 0 Å². The quantitative estimate of drug-likeness (QED) is 0.249. The van der Waals surface area contributed by atoms with E-state index in [9.17, 15) is 29.7 Å². The standard InChI is InChI=1S/C10H13.3C7H5BrO3.Sn/c1-10(2,3)9-7-5-4-6-8-9;3*8-4-1-2-6(9)5(3-4)7(10)11;/h4-8H,1H2,2-3H3;3*1-3,9H,(H,10,11);/q;;;;+3/p-3. The number of hydrogen-bond donors (Lipinski definition) is 3. The van der Waals surface area contributed by atoms with Crippen LogP contribution in [0.4, 0.5) is 0 Å². The third kappa shape index (κ3) is 13.3. The van der Waals surface area contributed by atoms with Crippen LogP contribution < -0.4 is 15.3 Å². The molecule has 228 valence electrons. The molecular formula is C31H25Br3O9Sn. The summed E-state index contributed by atoms with van der Waals surface area (Å²) in [6.45, 7) is 4.61. The maximum absolute atomic E-state index is 10.3. The summed E-state index contributed by atoms with van der Waals surface area (Å²) in [6.07, 6.45) is 0. The number of phenols is 3. The van der Waals surface area contributed by atoms with Crippen LogP contribution in [-0.4, -0.2) is 55.8 Å². The Bertz CT molecular complexity index is 1430. The molecule has 44 heavy (non-hydrogen) atoms. The summed E-state index contributed by atoms with van der Waals surface area (Å²) >= 11 is 10.8. The molecular weight excluding hydrogens is 875 g/mol. The summed E-state index contributed by atoms with van der Waals surface area (Å²) in [7, 11) is 0. The molecule has 0 radical (unpaired) electrons. The minimum atomic E-state index is -1.39. The van der Waals surface area contributed by atoms with Crippen LogP contribution >= 0.6 is 47.8 Å². The van der Waals surface area contributed by atoms with Gasteiger partial charge >= 0.3 is 82.1 Å². The molecule has 0 atom stereocenters. The SMILES string of the molecule is CC(C)([CH2][Sn+3])c1ccccc1.O=C([O-])c1cc(Br)ccc1O.O=C([O-])c1cc(Br)ccc1O.O=C([O-])c1cc(Br)ccc1O. The third-order valence-corrected chi connectivity index (χ3v) is 9.54. The molecule has 9 nitrogen and oxygen atoms in total. The van der Waals surface area contributed by atoms with E-state index in [1.165, 1.54) is 46.4 Å². The van der Waals surface area contributed by atoms with Gasteiger partial charge in [-0.1, -0.05) is 47.8 Å². The Morgan fingerprint density at radius 2 is 0.909 bits per heavy atom. The molecule has 0 aliphatic rings. The van der Waals surface area contributed by atoms with E-state index in [0.717, 1.165) is 0 Å². The smallest absolute Gasteiger partial charge is 0.124 e. The van der Waals surface area contributed by atoms with Gasteiger partial charge in [-0.05, 0) is 54.6 Å². The fourth-order valence-electron chi connectivity index (χ4n) is 3.01. The first-order valence-corrected chi connectivity index (χ1v) is 16.7. The van der Waals surface area contributed by atoms with Crippen molar-refractivity contribution < 1.29 is 45.0 Å². The van der Waals surface area contributed by atoms with Gasteiger partial charge in [-0.15, -0.1) is 0 Å². The number of carboxylic acid groups (broad SMARTS) is 3. The fourth-order valence-corrected chi connectivity index (χ4v) is 4.67. The second-order valence-electron chi connectivity index (χ2n) is 9.27. The molecule has 0 aromatic heterocycles. The fraction of sp³-hybridized carbons (Fsp3) is 0.129. The topological polar surface area (TPSA) is 181 Å². The Morgan fingerprint density at radius 1 is 0.614 bits per heavy atom. The molecule has 0 bridgehead atoms. The number of rotatable bonds is 5. The Kier molecular flexibility index (Phi) is 16.5. The molecule has 0 aliphatic carbocycles. The summed E-state index contributed by atoms with van der Waals surface area (Å²) in [5.74, 6) is -5.01. The van der Waals surface area contributed by atoms with Gasteiger partial charge in [0.2, 0.25) is 0 Å². The average molecular weight is 900 g/mol. The van der Waals surface area contributed by atoms with Crippen molar-refractivity contribution in [1.29, 1.82) is 0 Å². The van der Waals surface area contributed by atoms with E-state index >= 15 is 0 Å². The number of aromatic hydroxyl groups is 3. The molecule has 13 heteroatoms. The van der Waals surface area contributed by atoms with Gasteiger partial charge in [-0.2, -0.15) is 0 Å². The summed E-state index contributed by atoms with van der Waals surface area (Å²) in [6, 6.07) is 23.1. The minimum Gasteiger partial charge on any atom is -0.545 e. The number of hydrogen-bond acceptors (Lipinski definition) is 9. The average Bonchev–Trinajstić information content (AvgIpc) is 2.98. The van der Waals surface area contributed by atoms with Gasteiger partial charge in [-0.3, -0.25) is 0 Å². The number of aromatic carboxylic acids is 3. The zero-order valence-corrected chi connectivity index (χ0v) is 30.8. The van der Waals surface area contributed by atoms with E-state index in [1.807, 2.05) is 0 Å². The van der Waals surface area contributed by atoms with Crippen LogP contribution in [0.3, 0.4) is 0 Å². The molecule has 0 aliphatic heterocycles. The van der Waals surface area contributed by atoms with Crippen molar-refractivity contribution in [3.8, 4) is 17.2 Å². The zero-order chi connectivity index (χ0) is 33.6. The van der Waals surface area contributed by atoms with Gasteiger partial charge in [0, 0.05) is 30.1 Å². The first kappa shape index (κ1) is 39.0. The summed E-state index contributed by atoms with van der Waals surface area (Å²) in [5, 5.41) is 57.7. The van der Waals surface area contributed by atoms with Crippen LogP contribution in [0.1, 0.15) is 50.5 Å². The van der Waals surface area contributed by atoms with E-state index in [1.54, 1.807) is 40.7 Å². The number of carbonyl (C=O) groups is 3. The molecule has 0 unspecified atom stereocenters. The van der Waals surface area contributed by atoms with E-state index < -0.39 is 17.9 Å². The Hall–Kier alpha value is -3.07. The van der Waals surface area contributed by atoms with Crippen LogP contribution in [-0.2, 0) is 5.41 Å². The predicted octanol–water partition coefficient (Wildman–Crippen LogP) is 4.11. The molecule has 4 aromatic carbocycles.